The van der Waals surface area contributed by atoms with Crippen LogP contribution >= 0.6 is 0 Å². The molecule has 0 saturated carbocycles. The van der Waals surface area contributed by atoms with E-state index in [0.717, 1.165) is 16.6 Å². The van der Waals surface area contributed by atoms with Crippen molar-refractivity contribution >= 4 is 28.5 Å². The van der Waals surface area contributed by atoms with E-state index in [9.17, 15) is 14.0 Å². The van der Waals surface area contributed by atoms with Gasteiger partial charge in [0.25, 0.3) is 0 Å². The van der Waals surface area contributed by atoms with Gasteiger partial charge in [-0.25, -0.2) is 9.37 Å². The predicted octanol–water partition coefficient (Wildman–Crippen LogP) is 5.13. The molecule has 1 saturated heterocycles. The number of carbonyl (C=O) groups excluding carboxylic acids is 2. The van der Waals surface area contributed by atoms with Gasteiger partial charge in [0.2, 0.25) is 11.8 Å². The van der Waals surface area contributed by atoms with Crippen LogP contribution in [0, 0.1) is 5.82 Å². The van der Waals surface area contributed by atoms with Crippen LogP contribution in [0.1, 0.15) is 37.6 Å². The van der Waals surface area contributed by atoms with Gasteiger partial charge in [-0.1, -0.05) is 48.5 Å². The molecular formula is C29H29FN4O2. The minimum atomic E-state index is -0.381. The molecule has 1 aliphatic heterocycles. The molecule has 1 aromatic heterocycles. The molecule has 0 aliphatic carbocycles. The Morgan fingerprint density at radius 2 is 1.81 bits per heavy atom. The van der Waals surface area contributed by atoms with Crippen LogP contribution in [0.25, 0.3) is 11.0 Å². The fraction of sp³-hybridized carbons (Fsp3) is 0.276. The molecule has 0 spiro atoms. The van der Waals surface area contributed by atoms with Crippen LogP contribution in [0.5, 0.6) is 0 Å². The van der Waals surface area contributed by atoms with Crippen molar-refractivity contribution in [3.63, 3.8) is 0 Å². The first kappa shape index (κ1) is 23.7. The van der Waals surface area contributed by atoms with Gasteiger partial charge in [-0.05, 0) is 49.7 Å². The van der Waals surface area contributed by atoms with Gasteiger partial charge in [0.05, 0.1) is 11.0 Å². The lowest BCUT2D eigenvalue weighted by atomic mass is 10.1. The van der Waals surface area contributed by atoms with Gasteiger partial charge < -0.3 is 14.4 Å². The third-order valence-corrected chi connectivity index (χ3v) is 6.73. The van der Waals surface area contributed by atoms with Crippen molar-refractivity contribution in [2.45, 2.75) is 45.3 Å². The Hall–Kier alpha value is -4.00. The maximum absolute atomic E-state index is 13.8. The number of fused-ring (bicyclic) bond motifs is 1. The quantitative estimate of drug-likeness (QED) is 0.365. The first-order valence-electron chi connectivity index (χ1n) is 12.2. The van der Waals surface area contributed by atoms with Crippen LogP contribution in [0.3, 0.4) is 0 Å². The highest BCUT2D eigenvalue weighted by Gasteiger charge is 2.35. The van der Waals surface area contributed by atoms with E-state index in [2.05, 4.69) is 0 Å². The molecule has 7 heteroatoms. The van der Waals surface area contributed by atoms with Crippen LogP contribution in [0.2, 0.25) is 0 Å². The van der Waals surface area contributed by atoms with Gasteiger partial charge in [-0.3, -0.25) is 9.59 Å². The van der Waals surface area contributed by atoms with Gasteiger partial charge in [0.15, 0.2) is 0 Å². The molecule has 0 N–H and O–H groups in total. The minimum Gasteiger partial charge on any atom is -0.334 e. The van der Waals surface area contributed by atoms with Gasteiger partial charge in [-0.15, -0.1) is 0 Å². The lowest BCUT2D eigenvalue weighted by Crippen LogP contribution is -2.39. The summed E-state index contributed by atoms with van der Waals surface area (Å²) in [6.45, 7) is 5.07. The van der Waals surface area contributed by atoms with Gasteiger partial charge in [-0.2, -0.15) is 0 Å². The van der Waals surface area contributed by atoms with Crippen molar-refractivity contribution < 1.29 is 14.0 Å². The number of aromatic nitrogens is 2. The number of hydrogen-bond donors (Lipinski definition) is 0. The van der Waals surface area contributed by atoms with E-state index in [0.29, 0.717) is 24.6 Å². The summed E-state index contributed by atoms with van der Waals surface area (Å²) in [5.74, 6) is 0.0320. The Kier molecular flexibility index (Phi) is 6.55. The molecule has 2 heterocycles. The SMILES string of the molecule is CC(C)N(Cc1ccccc1)C(=O)Cn1c(C2CC(=O)N(c3cccc(F)c3)C2)nc2ccccc21. The molecule has 5 rings (SSSR count). The van der Waals surface area contributed by atoms with E-state index in [1.807, 2.05) is 77.9 Å². The van der Waals surface area contributed by atoms with Crippen LogP contribution in [-0.4, -0.2) is 38.9 Å². The highest BCUT2D eigenvalue weighted by molar-refractivity contribution is 5.96. The third kappa shape index (κ3) is 4.73. The predicted molar refractivity (Wildman–Crippen MR) is 138 cm³/mol. The molecule has 184 valence electrons. The van der Waals surface area contributed by atoms with Crippen molar-refractivity contribution in [1.82, 2.24) is 14.5 Å². The molecule has 36 heavy (non-hydrogen) atoms. The zero-order valence-corrected chi connectivity index (χ0v) is 20.5. The maximum atomic E-state index is 13.8. The maximum Gasteiger partial charge on any atom is 0.243 e. The molecule has 6 nitrogen and oxygen atoms in total. The number of carbonyl (C=O) groups is 2. The summed E-state index contributed by atoms with van der Waals surface area (Å²) in [5.41, 5.74) is 3.26. The van der Waals surface area contributed by atoms with Crippen LogP contribution < -0.4 is 4.90 Å². The van der Waals surface area contributed by atoms with E-state index in [1.54, 1.807) is 17.0 Å². The lowest BCUT2D eigenvalue weighted by molar-refractivity contribution is -0.134. The highest BCUT2D eigenvalue weighted by atomic mass is 19.1. The van der Waals surface area contributed by atoms with Crippen LogP contribution in [0.15, 0.2) is 78.9 Å². The molecule has 0 bridgehead atoms. The average Bonchev–Trinajstić information content (AvgIpc) is 3.43. The summed E-state index contributed by atoms with van der Waals surface area (Å²) in [6, 6.07) is 23.8. The van der Waals surface area contributed by atoms with Crippen molar-refractivity contribution in [3.8, 4) is 0 Å². The van der Waals surface area contributed by atoms with E-state index < -0.39 is 0 Å². The standard InChI is InChI=1S/C29H29FN4O2/c1-20(2)32(17-21-9-4-3-5-10-21)28(36)19-34-26-14-7-6-13-25(26)31-29(34)22-15-27(35)33(18-22)24-12-8-11-23(30)16-24/h3-14,16,20,22H,15,17-19H2,1-2H3. The third-order valence-electron chi connectivity index (χ3n) is 6.73. The Balaban J connectivity index is 1.45. The largest absolute Gasteiger partial charge is 0.334 e. The number of imidazole rings is 1. The Labute approximate surface area is 210 Å². The number of para-hydroxylation sites is 2. The number of benzene rings is 3. The summed E-state index contributed by atoms with van der Waals surface area (Å²) in [7, 11) is 0. The minimum absolute atomic E-state index is 0.00966. The Morgan fingerprint density at radius 1 is 1.06 bits per heavy atom. The van der Waals surface area contributed by atoms with Gasteiger partial charge in [0, 0.05) is 37.2 Å². The second-order valence-corrected chi connectivity index (χ2v) is 9.53. The molecular weight excluding hydrogens is 455 g/mol. The summed E-state index contributed by atoms with van der Waals surface area (Å²) < 4.78 is 15.8. The topological polar surface area (TPSA) is 58.4 Å². The molecule has 4 aromatic rings. The number of rotatable bonds is 7. The molecule has 0 radical (unpaired) electrons. The average molecular weight is 485 g/mol. The monoisotopic (exact) mass is 484 g/mol. The van der Waals surface area contributed by atoms with Crippen molar-refractivity contribution in [3.05, 3.63) is 96.1 Å². The second-order valence-electron chi connectivity index (χ2n) is 9.53. The molecule has 1 atom stereocenters. The zero-order valence-electron chi connectivity index (χ0n) is 20.5. The van der Waals surface area contributed by atoms with E-state index in [1.165, 1.54) is 12.1 Å². The molecule has 1 fully saturated rings. The molecule has 3 aromatic carbocycles. The second kappa shape index (κ2) is 9.93. The Morgan fingerprint density at radius 3 is 2.56 bits per heavy atom. The summed E-state index contributed by atoms with van der Waals surface area (Å²) in [5, 5.41) is 0. The fourth-order valence-corrected chi connectivity index (χ4v) is 4.91. The molecule has 2 amide bonds. The van der Waals surface area contributed by atoms with E-state index in [-0.39, 0.29) is 42.6 Å². The Bertz CT molecular complexity index is 1400. The van der Waals surface area contributed by atoms with E-state index >= 15 is 0 Å². The zero-order chi connectivity index (χ0) is 25.2. The van der Waals surface area contributed by atoms with Gasteiger partial charge >= 0.3 is 0 Å². The first-order chi connectivity index (χ1) is 17.4. The molecule has 1 aliphatic rings. The summed E-state index contributed by atoms with van der Waals surface area (Å²) in [4.78, 5) is 34.9. The van der Waals surface area contributed by atoms with Crippen LogP contribution in [-0.2, 0) is 22.7 Å². The normalized spacial score (nSPS) is 15.7. The van der Waals surface area contributed by atoms with E-state index in [4.69, 9.17) is 4.98 Å². The van der Waals surface area contributed by atoms with Crippen molar-refractivity contribution in [2.24, 2.45) is 0 Å². The van der Waals surface area contributed by atoms with Crippen LogP contribution in [0.4, 0.5) is 10.1 Å². The number of amides is 2. The highest BCUT2D eigenvalue weighted by Crippen LogP contribution is 2.33. The summed E-state index contributed by atoms with van der Waals surface area (Å²) in [6.07, 6.45) is 0.256. The lowest BCUT2D eigenvalue weighted by Gasteiger charge is -2.28. The van der Waals surface area contributed by atoms with Crippen molar-refractivity contribution in [1.29, 1.82) is 0 Å². The fourth-order valence-electron chi connectivity index (χ4n) is 4.91. The van der Waals surface area contributed by atoms with Crippen molar-refractivity contribution in [2.75, 3.05) is 11.4 Å². The summed E-state index contributed by atoms with van der Waals surface area (Å²) >= 11 is 0. The molecule has 1 unspecified atom stereocenters. The smallest absolute Gasteiger partial charge is 0.243 e. The van der Waals surface area contributed by atoms with Gasteiger partial charge in [0.1, 0.15) is 18.2 Å². The number of halogens is 1. The number of nitrogens with zero attached hydrogens (tertiary/aromatic N) is 4. The number of hydrogen-bond acceptors (Lipinski definition) is 3. The first-order valence-corrected chi connectivity index (χ1v) is 12.2. The number of anilines is 1.